The Balaban J connectivity index is 1.98. The van der Waals surface area contributed by atoms with Gasteiger partial charge in [0, 0.05) is 19.0 Å². The van der Waals surface area contributed by atoms with Crippen molar-refractivity contribution in [2.45, 2.75) is 25.5 Å². The maximum absolute atomic E-state index is 11.8. The van der Waals surface area contributed by atoms with Crippen molar-refractivity contribution in [1.29, 1.82) is 0 Å². The molecule has 4 heteroatoms. The van der Waals surface area contributed by atoms with Crippen LogP contribution in [0.4, 0.5) is 0 Å². The lowest BCUT2D eigenvalue weighted by Crippen LogP contribution is -2.44. The first-order chi connectivity index (χ1) is 7.70. The van der Waals surface area contributed by atoms with Crippen molar-refractivity contribution >= 4 is 5.91 Å². The molecule has 1 amide bonds. The molecule has 1 aromatic carbocycles. The third-order valence-corrected chi connectivity index (χ3v) is 2.68. The molecule has 0 radical (unpaired) electrons. The van der Waals surface area contributed by atoms with E-state index in [-0.39, 0.29) is 11.9 Å². The van der Waals surface area contributed by atoms with Crippen molar-refractivity contribution in [3.63, 3.8) is 0 Å². The van der Waals surface area contributed by atoms with E-state index in [1.54, 1.807) is 0 Å². The average molecular weight is 220 g/mol. The zero-order valence-electron chi connectivity index (χ0n) is 9.27. The standard InChI is InChI=1S/C12H16N2O2/c1-8(7-13)14-12(15)11-6-9-4-2-3-5-10(9)16-11/h2-5,8,11H,6-7,13H2,1H3,(H,14,15). The number of nitrogens with one attached hydrogen (secondary N) is 1. The van der Waals surface area contributed by atoms with E-state index in [0.29, 0.717) is 13.0 Å². The number of para-hydroxylation sites is 1. The molecule has 0 fully saturated rings. The number of fused-ring (bicyclic) bond motifs is 1. The Bertz CT molecular complexity index is 367. The number of nitrogens with two attached hydrogens (primary N) is 1. The predicted molar refractivity (Wildman–Crippen MR) is 61.2 cm³/mol. The second-order valence-corrected chi connectivity index (χ2v) is 4.06. The van der Waals surface area contributed by atoms with Gasteiger partial charge in [0.15, 0.2) is 6.10 Å². The SMILES string of the molecule is CC(CN)NC(=O)C1Cc2ccccc2O1. The van der Waals surface area contributed by atoms with Crippen LogP contribution in [0.25, 0.3) is 0 Å². The van der Waals surface area contributed by atoms with Gasteiger partial charge in [-0.3, -0.25) is 4.79 Å². The number of benzene rings is 1. The van der Waals surface area contributed by atoms with Crippen molar-refractivity contribution in [1.82, 2.24) is 5.32 Å². The van der Waals surface area contributed by atoms with Gasteiger partial charge < -0.3 is 15.8 Å². The second-order valence-electron chi connectivity index (χ2n) is 4.06. The van der Waals surface area contributed by atoms with Gasteiger partial charge >= 0.3 is 0 Å². The summed E-state index contributed by atoms with van der Waals surface area (Å²) < 4.78 is 5.56. The summed E-state index contributed by atoms with van der Waals surface area (Å²) in [7, 11) is 0. The highest BCUT2D eigenvalue weighted by molar-refractivity contribution is 5.82. The van der Waals surface area contributed by atoms with Gasteiger partial charge in [0.05, 0.1) is 0 Å². The van der Waals surface area contributed by atoms with Crippen LogP contribution in [0.2, 0.25) is 0 Å². The van der Waals surface area contributed by atoms with Crippen LogP contribution in [0.15, 0.2) is 24.3 Å². The molecule has 2 rings (SSSR count). The highest BCUT2D eigenvalue weighted by Crippen LogP contribution is 2.28. The van der Waals surface area contributed by atoms with Crippen LogP contribution in [0.3, 0.4) is 0 Å². The van der Waals surface area contributed by atoms with Gasteiger partial charge in [-0.15, -0.1) is 0 Å². The Labute approximate surface area is 94.8 Å². The van der Waals surface area contributed by atoms with E-state index in [0.717, 1.165) is 11.3 Å². The number of ether oxygens (including phenoxy) is 1. The minimum atomic E-state index is -0.411. The topological polar surface area (TPSA) is 64.3 Å². The first kappa shape index (κ1) is 11.0. The predicted octanol–water partition coefficient (Wildman–Crippen LogP) is 0.454. The lowest BCUT2D eigenvalue weighted by atomic mass is 10.1. The highest BCUT2D eigenvalue weighted by Gasteiger charge is 2.29. The van der Waals surface area contributed by atoms with E-state index in [1.807, 2.05) is 31.2 Å². The molecular weight excluding hydrogens is 204 g/mol. The number of hydrogen-bond donors (Lipinski definition) is 2. The van der Waals surface area contributed by atoms with Gasteiger partial charge in [-0.2, -0.15) is 0 Å². The van der Waals surface area contributed by atoms with Gasteiger partial charge in [0.25, 0.3) is 5.91 Å². The van der Waals surface area contributed by atoms with Crippen LogP contribution in [-0.4, -0.2) is 24.6 Å². The van der Waals surface area contributed by atoms with Crippen LogP contribution in [-0.2, 0) is 11.2 Å². The molecule has 16 heavy (non-hydrogen) atoms. The normalized spacial score (nSPS) is 19.8. The maximum Gasteiger partial charge on any atom is 0.261 e. The van der Waals surface area contributed by atoms with Crippen molar-refractivity contribution in [3.05, 3.63) is 29.8 Å². The molecule has 4 nitrogen and oxygen atoms in total. The molecule has 3 N–H and O–H groups in total. The van der Waals surface area contributed by atoms with Crippen LogP contribution in [0.5, 0.6) is 5.75 Å². The fourth-order valence-corrected chi connectivity index (χ4v) is 1.72. The van der Waals surface area contributed by atoms with Crippen LogP contribution >= 0.6 is 0 Å². The van der Waals surface area contributed by atoms with Crippen molar-refractivity contribution in [2.75, 3.05) is 6.54 Å². The van der Waals surface area contributed by atoms with Gasteiger partial charge in [-0.25, -0.2) is 0 Å². The molecule has 1 aliphatic rings. The van der Waals surface area contributed by atoms with E-state index in [9.17, 15) is 4.79 Å². The Morgan fingerprint density at radius 2 is 2.38 bits per heavy atom. The van der Waals surface area contributed by atoms with Gasteiger partial charge in [0.1, 0.15) is 5.75 Å². The summed E-state index contributed by atoms with van der Waals surface area (Å²) >= 11 is 0. The molecule has 2 unspecified atom stereocenters. The summed E-state index contributed by atoms with van der Waals surface area (Å²) in [5.74, 6) is 0.720. The summed E-state index contributed by atoms with van der Waals surface area (Å²) in [4.78, 5) is 11.8. The first-order valence-corrected chi connectivity index (χ1v) is 5.45. The van der Waals surface area contributed by atoms with E-state index < -0.39 is 6.10 Å². The molecule has 0 aliphatic carbocycles. The van der Waals surface area contributed by atoms with Gasteiger partial charge in [-0.05, 0) is 18.6 Å². The second kappa shape index (κ2) is 4.53. The Morgan fingerprint density at radius 1 is 1.62 bits per heavy atom. The molecule has 0 saturated carbocycles. The maximum atomic E-state index is 11.8. The van der Waals surface area contributed by atoms with Gasteiger partial charge in [0.2, 0.25) is 0 Å². The molecule has 0 saturated heterocycles. The summed E-state index contributed by atoms with van der Waals surface area (Å²) in [6, 6.07) is 7.70. The van der Waals surface area contributed by atoms with Gasteiger partial charge in [-0.1, -0.05) is 18.2 Å². The van der Waals surface area contributed by atoms with Crippen LogP contribution in [0, 0.1) is 0 Å². The number of carbonyl (C=O) groups excluding carboxylic acids is 1. The van der Waals surface area contributed by atoms with Crippen LogP contribution in [0.1, 0.15) is 12.5 Å². The first-order valence-electron chi connectivity index (χ1n) is 5.45. The third kappa shape index (κ3) is 2.17. The number of hydrogen-bond acceptors (Lipinski definition) is 3. The average Bonchev–Trinajstić information content (AvgIpc) is 2.72. The van der Waals surface area contributed by atoms with Crippen molar-refractivity contribution < 1.29 is 9.53 Å². The Morgan fingerprint density at radius 3 is 3.06 bits per heavy atom. The molecule has 0 aromatic heterocycles. The molecule has 1 aromatic rings. The van der Waals surface area contributed by atoms with E-state index >= 15 is 0 Å². The molecule has 1 heterocycles. The molecule has 0 spiro atoms. The summed E-state index contributed by atoms with van der Waals surface area (Å²) in [6.07, 6.45) is 0.227. The molecule has 2 atom stereocenters. The summed E-state index contributed by atoms with van der Waals surface area (Å²) in [6.45, 7) is 2.31. The third-order valence-electron chi connectivity index (χ3n) is 2.68. The highest BCUT2D eigenvalue weighted by atomic mass is 16.5. The van der Waals surface area contributed by atoms with Crippen molar-refractivity contribution in [3.8, 4) is 5.75 Å². The lowest BCUT2D eigenvalue weighted by Gasteiger charge is -2.15. The van der Waals surface area contributed by atoms with E-state index in [2.05, 4.69) is 5.32 Å². The Kier molecular flexibility index (Phi) is 3.10. The molecular formula is C12H16N2O2. The number of carbonyl (C=O) groups is 1. The molecule has 1 aliphatic heterocycles. The zero-order valence-corrected chi connectivity index (χ0v) is 9.27. The van der Waals surface area contributed by atoms with Crippen molar-refractivity contribution in [2.24, 2.45) is 5.73 Å². The molecule has 86 valence electrons. The minimum Gasteiger partial charge on any atom is -0.480 e. The molecule has 0 bridgehead atoms. The summed E-state index contributed by atoms with van der Waals surface area (Å²) in [5.41, 5.74) is 6.53. The smallest absolute Gasteiger partial charge is 0.261 e. The lowest BCUT2D eigenvalue weighted by molar-refractivity contribution is -0.127. The zero-order chi connectivity index (χ0) is 11.5. The fraction of sp³-hybridized carbons (Fsp3) is 0.417. The fourth-order valence-electron chi connectivity index (χ4n) is 1.72. The Hall–Kier alpha value is -1.55. The summed E-state index contributed by atoms with van der Waals surface area (Å²) in [5, 5.41) is 2.82. The van der Waals surface area contributed by atoms with E-state index in [4.69, 9.17) is 10.5 Å². The largest absolute Gasteiger partial charge is 0.480 e. The number of rotatable bonds is 3. The minimum absolute atomic E-state index is 0.0141. The quantitative estimate of drug-likeness (QED) is 0.777. The van der Waals surface area contributed by atoms with Crippen LogP contribution < -0.4 is 15.8 Å². The van der Waals surface area contributed by atoms with E-state index in [1.165, 1.54) is 0 Å². The number of amides is 1. The monoisotopic (exact) mass is 220 g/mol.